The van der Waals surface area contributed by atoms with Gasteiger partial charge in [-0.25, -0.2) is 0 Å². The van der Waals surface area contributed by atoms with Crippen LogP contribution in [0, 0.1) is 40.4 Å². The van der Waals surface area contributed by atoms with Crippen molar-refractivity contribution in [1.29, 1.82) is 0 Å². The van der Waals surface area contributed by atoms with Crippen LogP contribution in [0.1, 0.15) is 97.0 Å². The van der Waals surface area contributed by atoms with E-state index in [0.29, 0.717) is 24.2 Å². The lowest BCUT2D eigenvalue weighted by Crippen LogP contribution is -2.50. The minimum Gasteiger partial charge on any atom is -0.372 e. The number of hydrogen-bond acceptors (Lipinski definition) is 3. The number of anilines is 1. The first-order chi connectivity index (χ1) is 18.3. The predicted octanol–water partition coefficient (Wildman–Crippen LogP) is 7.42. The van der Waals surface area contributed by atoms with Gasteiger partial charge in [-0.1, -0.05) is 37.5 Å². The molecule has 1 aliphatic heterocycles. The summed E-state index contributed by atoms with van der Waals surface area (Å²) in [6, 6.07) is 9.41. The van der Waals surface area contributed by atoms with Crippen LogP contribution in [0.5, 0.6) is 0 Å². The fourth-order valence-electron chi connectivity index (χ4n) is 9.43. The van der Waals surface area contributed by atoms with Crippen LogP contribution in [0.15, 0.2) is 47.1 Å². The van der Waals surface area contributed by atoms with Gasteiger partial charge in [0.1, 0.15) is 5.78 Å². The maximum atomic E-state index is 13.4. The second-order valence-electron chi connectivity index (χ2n) is 13.0. The summed E-state index contributed by atoms with van der Waals surface area (Å²) in [5.74, 6) is 8.80. The molecule has 38 heavy (non-hydrogen) atoms. The third-order valence-corrected chi connectivity index (χ3v) is 11.2. The summed E-state index contributed by atoms with van der Waals surface area (Å²) in [7, 11) is 0. The molecule has 3 nitrogen and oxygen atoms in total. The average molecular weight is 510 g/mol. The largest absolute Gasteiger partial charge is 0.372 e. The first kappa shape index (κ1) is 25.7. The summed E-state index contributed by atoms with van der Waals surface area (Å²) < 4.78 is 0. The third-order valence-electron chi connectivity index (χ3n) is 11.2. The first-order valence-electron chi connectivity index (χ1n) is 15.1. The van der Waals surface area contributed by atoms with Gasteiger partial charge in [-0.05, 0) is 123 Å². The van der Waals surface area contributed by atoms with Crippen molar-refractivity contribution >= 4 is 17.3 Å². The van der Waals surface area contributed by atoms with Crippen molar-refractivity contribution in [3.05, 3.63) is 52.6 Å². The zero-order chi connectivity index (χ0) is 26.7. The summed E-state index contributed by atoms with van der Waals surface area (Å²) in [6.45, 7) is 10.7. The summed E-state index contributed by atoms with van der Waals surface area (Å²) >= 11 is 0. The second kappa shape index (κ2) is 9.55. The molecule has 1 aromatic rings. The molecule has 0 aromatic heterocycles. The fourth-order valence-corrected chi connectivity index (χ4v) is 9.43. The molecule has 0 bridgehead atoms. The van der Waals surface area contributed by atoms with Crippen molar-refractivity contribution in [2.45, 2.75) is 91.4 Å². The molecule has 4 aliphatic carbocycles. The zero-order valence-electron chi connectivity index (χ0n) is 23.7. The maximum absolute atomic E-state index is 13.4. The molecule has 1 saturated heterocycles. The Balaban J connectivity index is 1.49. The molecule has 6 atom stereocenters. The summed E-state index contributed by atoms with van der Waals surface area (Å²) in [5, 5.41) is 0. The molecule has 1 unspecified atom stereocenters. The van der Waals surface area contributed by atoms with Crippen LogP contribution in [0.25, 0.3) is 0 Å². The van der Waals surface area contributed by atoms with Gasteiger partial charge in [0, 0.05) is 31.1 Å². The standard InChI is InChI=1S/C35H43NO2/c1-5-16-35(24(3)37)17-15-32-30-20-23(2)29-21-27(38)13-14-28(29)33(30)31(22-34(32,35)4)25-9-11-26(12-10-25)36-18-7-6-8-19-36/h9-12,21,23,30-32H,6-8,13-15,17-20,22H2,1-4H3/t23?,30-,31+,32-,34-,35+/m0/s1. The molecule has 1 aromatic carbocycles. The number of piperidine rings is 1. The quantitative estimate of drug-likeness (QED) is 0.398. The van der Waals surface area contributed by atoms with E-state index in [9.17, 15) is 9.59 Å². The van der Waals surface area contributed by atoms with Crippen LogP contribution < -0.4 is 4.90 Å². The van der Waals surface area contributed by atoms with Crippen LogP contribution in [0.3, 0.4) is 0 Å². The Morgan fingerprint density at radius 3 is 2.50 bits per heavy atom. The lowest BCUT2D eigenvalue weighted by molar-refractivity contribution is -0.130. The van der Waals surface area contributed by atoms with Crippen molar-refractivity contribution in [3.63, 3.8) is 0 Å². The Morgan fingerprint density at radius 2 is 1.82 bits per heavy atom. The Hall–Kier alpha value is -2.60. The van der Waals surface area contributed by atoms with Gasteiger partial charge in [-0.2, -0.15) is 0 Å². The number of rotatable bonds is 3. The van der Waals surface area contributed by atoms with Crippen LogP contribution >= 0.6 is 0 Å². The molecule has 200 valence electrons. The lowest BCUT2D eigenvalue weighted by atomic mass is 9.47. The first-order valence-corrected chi connectivity index (χ1v) is 15.1. The number of fused-ring (bicyclic) bond motifs is 4. The van der Waals surface area contributed by atoms with E-state index in [1.54, 1.807) is 12.5 Å². The molecular weight excluding hydrogens is 466 g/mol. The summed E-state index contributed by atoms with van der Waals surface area (Å²) in [5.41, 5.74) is 6.36. The number of benzene rings is 1. The number of allylic oxidation sites excluding steroid dienone is 4. The number of hydrogen-bond donors (Lipinski definition) is 0. The third kappa shape index (κ3) is 3.77. The lowest BCUT2D eigenvalue weighted by Gasteiger charge is -2.55. The van der Waals surface area contributed by atoms with E-state index < -0.39 is 5.41 Å². The molecule has 6 rings (SSSR count). The molecule has 3 fully saturated rings. The van der Waals surface area contributed by atoms with Crippen LogP contribution in [0.4, 0.5) is 5.69 Å². The van der Waals surface area contributed by atoms with Gasteiger partial charge in [0.25, 0.3) is 0 Å². The number of carbonyl (C=O) groups excluding carboxylic acids is 2. The highest BCUT2D eigenvalue weighted by atomic mass is 16.1. The van der Waals surface area contributed by atoms with E-state index in [1.807, 2.05) is 13.0 Å². The van der Waals surface area contributed by atoms with Gasteiger partial charge < -0.3 is 4.90 Å². The molecular formula is C35H43NO2. The van der Waals surface area contributed by atoms with Crippen molar-refractivity contribution in [2.24, 2.45) is 28.6 Å². The minimum absolute atomic E-state index is 0.155. The highest BCUT2D eigenvalue weighted by Crippen LogP contribution is 2.70. The van der Waals surface area contributed by atoms with Gasteiger partial charge in [0.2, 0.25) is 0 Å². The van der Waals surface area contributed by atoms with Crippen molar-refractivity contribution in [2.75, 3.05) is 18.0 Å². The molecule has 3 heteroatoms. The molecule has 2 saturated carbocycles. The summed E-state index contributed by atoms with van der Waals surface area (Å²) in [6.07, 6.45) is 11.3. The second-order valence-corrected chi connectivity index (χ2v) is 13.0. The van der Waals surface area contributed by atoms with Crippen molar-refractivity contribution in [3.8, 4) is 11.8 Å². The van der Waals surface area contributed by atoms with Crippen molar-refractivity contribution < 1.29 is 9.59 Å². The van der Waals surface area contributed by atoms with Gasteiger partial charge in [0.15, 0.2) is 5.78 Å². The predicted molar refractivity (Wildman–Crippen MR) is 154 cm³/mol. The molecule has 0 N–H and O–H groups in total. The smallest absolute Gasteiger partial charge is 0.156 e. The minimum atomic E-state index is -0.559. The highest BCUT2D eigenvalue weighted by molar-refractivity contribution is 5.93. The fraction of sp³-hybridized carbons (Fsp3) is 0.600. The molecule has 5 aliphatic rings. The van der Waals surface area contributed by atoms with Crippen LogP contribution in [-0.2, 0) is 9.59 Å². The molecule has 0 amide bonds. The average Bonchev–Trinajstić information content (AvgIpc) is 3.22. The number of ketones is 2. The van der Waals surface area contributed by atoms with E-state index in [2.05, 4.69) is 54.9 Å². The maximum Gasteiger partial charge on any atom is 0.156 e. The Morgan fingerprint density at radius 1 is 1.08 bits per heavy atom. The van der Waals surface area contributed by atoms with Crippen LogP contribution in [0.2, 0.25) is 0 Å². The van der Waals surface area contributed by atoms with E-state index >= 15 is 0 Å². The number of nitrogens with zero attached hydrogens (tertiary/aromatic N) is 1. The highest BCUT2D eigenvalue weighted by Gasteiger charge is 2.65. The van der Waals surface area contributed by atoms with E-state index in [-0.39, 0.29) is 22.9 Å². The summed E-state index contributed by atoms with van der Waals surface area (Å²) in [4.78, 5) is 28.4. The molecule has 0 spiro atoms. The molecule has 1 heterocycles. The van der Waals surface area contributed by atoms with Gasteiger partial charge in [-0.3, -0.25) is 9.59 Å². The Bertz CT molecular complexity index is 1270. The number of carbonyl (C=O) groups is 2. The molecule has 0 radical (unpaired) electrons. The van der Waals surface area contributed by atoms with E-state index in [0.717, 1.165) is 45.2 Å². The SMILES string of the molecule is CC#C[C@]1(C(C)=O)CC[C@H]2[C@@H]3CC(C)C4=CC(=O)CCC4=C3[C@@H](c3ccc(N4CCCCC4)cc3)C[C@@]21C. The Labute approximate surface area is 229 Å². The zero-order valence-corrected chi connectivity index (χ0v) is 23.7. The van der Waals surface area contributed by atoms with E-state index in [1.165, 1.54) is 41.7 Å². The Kier molecular flexibility index (Phi) is 6.45. The topological polar surface area (TPSA) is 37.4 Å². The van der Waals surface area contributed by atoms with Gasteiger partial charge >= 0.3 is 0 Å². The van der Waals surface area contributed by atoms with Crippen LogP contribution in [-0.4, -0.2) is 24.7 Å². The normalized spacial score (nSPS) is 36.5. The van der Waals surface area contributed by atoms with Gasteiger partial charge in [-0.15, -0.1) is 5.92 Å². The van der Waals surface area contributed by atoms with Crippen molar-refractivity contribution in [1.82, 2.24) is 0 Å². The number of Topliss-reactive ketones (excluding diaryl/α,β-unsaturated/α-hetero) is 1. The monoisotopic (exact) mass is 509 g/mol. The van der Waals surface area contributed by atoms with Gasteiger partial charge in [0.05, 0.1) is 5.41 Å². The van der Waals surface area contributed by atoms with E-state index in [4.69, 9.17) is 0 Å².